The van der Waals surface area contributed by atoms with Crippen LogP contribution in [0.4, 0.5) is 0 Å². The van der Waals surface area contributed by atoms with Gasteiger partial charge in [-0.3, -0.25) is 4.98 Å². The molecule has 196 valence electrons. The van der Waals surface area contributed by atoms with E-state index in [2.05, 4.69) is 137 Å². The van der Waals surface area contributed by atoms with E-state index < -0.39 is 0 Å². The number of aromatic nitrogens is 1. The first-order valence-corrected chi connectivity index (χ1v) is 14.0. The van der Waals surface area contributed by atoms with Gasteiger partial charge in [-0.1, -0.05) is 107 Å². The van der Waals surface area contributed by atoms with Gasteiger partial charge in [-0.15, -0.1) is 0 Å². The van der Waals surface area contributed by atoms with Gasteiger partial charge in [0.25, 0.3) is 0 Å². The Kier molecular flexibility index (Phi) is 5.41. The SMILES string of the molecule is CC(C)(C)c1ccc(Oc2c3ccccc3c(-c3ccc4c(c3)C(C)(C)c3ccccc3-4)c3cnccc23)cc1. The zero-order valence-electron chi connectivity index (χ0n) is 23.7. The summed E-state index contributed by atoms with van der Waals surface area (Å²) in [5.74, 6) is 1.70. The second kappa shape index (κ2) is 8.79. The van der Waals surface area contributed by atoms with Crippen LogP contribution in [0.15, 0.2) is 109 Å². The number of hydrogen-bond acceptors (Lipinski definition) is 2. The molecule has 0 radical (unpaired) electrons. The molecule has 40 heavy (non-hydrogen) atoms. The highest BCUT2D eigenvalue weighted by atomic mass is 16.5. The zero-order valence-corrected chi connectivity index (χ0v) is 23.7. The van der Waals surface area contributed by atoms with Crippen LogP contribution >= 0.6 is 0 Å². The van der Waals surface area contributed by atoms with E-state index in [1.807, 2.05) is 12.4 Å². The molecule has 1 heterocycles. The van der Waals surface area contributed by atoms with Gasteiger partial charge in [0.2, 0.25) is 0 Å². The maximum Gasteiger partial charge on any atom is 0.143 e. The molecule has 2 nitrogen and oxygen atoms in total. The second-order valence-corrected chi connectivity index (χ2v) is 12.5. The van der Waals surface area contributed by atoms with Crippen molar-refractivity contribution in [3.63, 3.8) is 0 Å². The lowest BCUT2D eigenvalue weighted by Crippen LogP contribution is -2.14. The fourth-order valence-electron chi connectivity index (χ4n) is 6.40. The highest BCUT2D eigenvalue weighted by Crippen LogP contribution is 2.51. The predicted octanol–water partition coefficient (Wildman–Crippen LogP) is 10.5. The summed E-state index contributed by atoms with van der Waals surface area (Å²) in [5, 5.41) is 4.42. The zero-order chi connectivity index (χ0) is 27.6. The first kappa shape index (κ1) is 24.6. The molecule has 0 saturated carbocycles. The van der Waals surface area contributed by atoms with Gasteiger partial charge in [0, 0.05) is 34.0 Å². The minimum atomic E-state index is -0.0614. The lowest BCUT2D eigenvalue weighted by molar-refractivity contribution is 0.492. The summed E-state index contributed by atoms with van der Waals surface area (Å²) in [6.07, 6.45) is 3.85. The van der Waals surface area contributed by atoms with Gasteiger partial charge in [-0.05, 0) is 74.0 Å². The molecule has 7 rings (SSSR count). The Hall–Kier alpha value is -4.43. The summed E-state index contributed by atoms with van der Waals surface area (Å²) in [6.45, 7) is 11.4. The van der Waals surface area contributed by atoms with Gasteiger partial charge >= 0.3 is 0 Å². The van der Waals surface area contributed by atoms with Gasteiger partial charge in [-0.2, -0.15) is 0 Å². The molecule has 0 N–H and O–H groups in total. The van der Waals surface area contributed by atoms with E-state index in [4.69, 9.17) is 4.74 Å². The monoisotopic (exact) mass is 519 g/mol. The van der Waals surface area contributed by atoms with Crippen molar-refractivity contribution >= 4 is 21.5 Å². The molecule has 0 atom stereocenters. The smallest absolute Gasteiger partial charge is 0.143 e. The van der Waals surface area contributed by atoms with Crippen LogP contribution < -0.4 is 4.74 Å². The van der Waals surface area contributed by atoms with Gasteiger partial charge in [0.1, 0.15) is 11.5 Å². The van der Waals surface area contributed by atoms with Crippen molar-refractivity contribution in [3.05, 3.63) is 126 Å². The highest BCUT2D eigenvalue weighted by Gasteiger charge is 2.35. The van der Waals surface area contributed by atoms with Gasteiger partial charge in [0.15, 0.2) is 0 Å². The number of fused-ring (bicyclic) bond motifs is 5. The predicted molar refractivity (Wildman–Crippen MR) is 167 cm³/mol. The van der Waals surface area contributed by atoms with Crippen LogP contribution in [-0.4, -0.2) is 4.98 Å². The largest absolute Gasteiger partial charge is 0.456 e. The molecule has 5 aromatic carbocycles. The lowest BCUT2D eigenvalue weighted by Gasteiger charge is -2.23. The fourth-order valence-corrected chi connectivity index (χ4v) is 6.40. The summed E-state index contributed by atoms with van der Waals surface area (Å²) < 4.78 is 6.69. The maximum absolute atomic E-state index is 6.69. The van der Waals surface area contributed by atoms with Gasteiger partial charge < -0.3 is 4.74 Å². The van der Waals surface area contributed by atoms with Crippen molar-refractivity contribution in [2.24, 2.45) is 0 Å². The Bertz CT molecular complexity index is 1870. The third kappa shape index (κ3) is 3.74. The minimum Gasteiger partial charge on any atom is -0.456 e. The minimum absolute atomic E-state index is 0.0614. The van der Waals surface area contributed by atoms with Crippen molar-refractivity contribution in [3.8, 4) is 33.8 Å². The number of nitrogens with zero attached hydrogens (tertiary/aromatic N) is 1. The molecule has 0 spiro atoms. The maximum atomic E-state index is 6.69. The molecule has 0 unspecified atom stereocenters. The summed E-state index contributed by atoms with van der Waals surface area (Å²) in [5.41, 5.74) is 9.15. The highest BCUT2D eigenvalue weighted by molar-refractivity contribution is 6.17. The number of benzene rings is 5. The summed E-state index contributed by atoms with van der Waals surface area (Å²) >= 11 is 0. The Morgan fingerprint density at radius 2 is 1.32 bits per heavy atom. The molecular formula is C38H33NO. The van der Waals surface area contributed by atoms with Crippen molar-refractivity contribution in [2.75, 3.05) is 0 Å². The van der Waals surface area contributed by atoms with E-state index in [-0.39, 0.29) is 10.8 Å². The average molecular weight is 520 g/mol. The summed E-state index contributed by atoms with van der Waals surface area (Å²) in [7, 11) is 0. The Morgan fingerprint density at radius 1 is 0.650 bits per heavy atom. The molecule has 0 amide bonds. The van der Waals surface area contributed by atoms with Crippen molar-refractivity contribution in [2.45, 2.75) is 45.4 Å². The molecule has 0 fully saturated rings. The van der Waals surface area contributed by atoms with Crippen LogP contribution in [0.25, 0.3) is 43.8 Å². The number of ether oxygens (including phenoxy) is 1. The molecular weight excluding hydrogens is 486 g/mol. The molecule has 1 aliphatic rings. The molecule has 6 aromatic rings. The quantitative estimate of drug-likeness (QED) is 0.217. The van der Waals surface area contributed by atoms with Crippen molar-refractivity contribution in [1.29, 1.82) is 0 Å². The Morgan fingerprint density at radius 3 is 2.10 bits per heavy atom. The van der Waals surface area contributed by atoms with E-state index in [0.717, 1.165) is 33.0 Å². The van der Waals surface area contributed by atoms with Crippen LogP contribution in [0.2, 0.25) is 0 Å². The fraction of sp³-hybridized carbons (Fsp3) is 0.184. The topological polar surface area (TPSA) is 22.1 Å². The van der Waals surface area contributed by atoms with E-state index in [9.17, 15) is 0 Å². The van der Waals surface area contributed by atoms with Crippen LogP contribution in [0.3, 0.4) is 0 Å². The summed E-state index contributed by atoms with van der Waals surface area (Å²) in [6, 6.07) is 34.9. The van der Waals surface area contributed by atoms with E-state index >= 15 is 0 Å². The number of rotatable bonds is 3. The second-order valence-electron chi connectivity index (χ2n) is 12.5. The normalized spacial score (nSPS) is 13.8. The van der Waals surface area contributed by atoms with E-state index in [1.165, 1.54) is 38.9 Å². The van der Waals surface area contributed by atoms with Crippen LogP contribution in [-0.2, 0) is 10.8 Å². The third-order valence-electron chi connectivity index (χ3n) is 8.59. The molecule has 0 aliphatic heterocycles. The number of hydrogen-bond donors (Lipinski definition) is 0. The third-order valence-corrected chi connectivity index (χ3v) is 8.59. The molecule has 2 heteroatoms. The molecule has 1 aliphatic carbocycles. The Balaban J connectivity index is 1.43. The van der Waals surface area contributed by atoms with Crippen molar-refractivity contribution < 1.29 is 4.74 Å². The van der Waals surface area contributed by atoms with E-state index in [1.54, 1.807) is 0 Å². The van der Waals surface area contributed by atoms with E-state index in [0.29, 0.717) is 0 Å². The van der Waals surface area contributed by atoms with Crippen LogP contribution in [0.1, 0.15) is 51.3 Å². The molecule has 0 bridgehead atoms. The molecule has 1 aromatic heterocycles. The lowest BCUT2D eigenvalue weighted by atomic mass is 9.81. The van der Waals surface area contributed by atoms with Crippen LogP contribution in [0, 0.1) is 0 Å². The standard InChI is InChI=1S/C38H33NO/c1-37(2,3)25-15-17-26(18-16-25)40-36-30-12-7-6-11-29(30)35(32-23-39-21-20-31(32)36)24-14-19-28-27-10-8-9-13-33(27)38(4,5)34(28)22-24/h6-23H,1-5H3. The molecule has 0 saturated heterocycles. The Labute approximate surface area is 236 Å². The first-order chi connectivity index (χ1) is 19.2. The van der Waals surface area contributed by atoms with Gasteiger partial charge in [-0.25, -0.2) is 0 Å². The van der Waals surface area contributed by atoms with Crippen molar-refractivity contribution in [1.82, 2.24) is 4.98 Å². The average Bonchev–Trinajstić information content (AvgIpc) is 3.19. The van der Waals surface area contributed by atoms with Gasteiger partial charge in [0.05, 0.1) is 0 Å². The van der Waals surface area contributed by atoms with Crippen LogP contribution in [0.5, 0.6) is 11.5 Å². The first-order valence-electron chi connectivity index (χ1n) is 14.0. The number of pyridine rings is 1. The summed E-state index contributed by atoms with van der Waals surface area (Å²) in [4.78, 5) is 4.57.